The number of amides is 1. The molecular formula is C15H20BrNO2. The van der Waals surface area contributed by atoms with E-state index in [4.69, 9.17) is 0 Å². The van der Waals surface area contributed by atoms with Crippen LogP contribution < -0.4 is 0 Å². The quantitative estimate of drug-likeness (QED) is 0.868. The molecule has 1 atom stereocenters. The average molecular weight is 326 g/mol. The summed E-state index contributed by atoms with van der Waals surface area (Å²) in [5.74, 6) is 0.435. The van der Waals surface area contributed by atoms with Gasteiger partial charge in [-0.3, -0.25) is 4.79 Å². The topological polar surface area (TPSA) is 40.5 Å². The lowest BCUT2D eigenvalue weighted by Gasteiger charge is -2.33. The van der Waals surface area contributed by atoms with Gasteiger partial charge in [0.2, 0.25) is 0 Å². The van der Waals surface area contributed by atoms with E-state index in [1.54, 1.807) is 0 Å². The van der Waals surface area contributed by atoms with Crippen LogP contribution in [-0.2, 0) is 5.33 Å². The van der Waals surface area contributed by atoms with Crippen molar-refractivity contribution < 1.29 is 9.90 Å². The van der Waals surface area contributed by atoms with E-state index in [-0.39, 0.29) is 12.0 Å². The van der Waals surface area contributed by atoms with Crippen LogP contribution in [0.5, 0.6) is 0 Å². The minimum atomic E-state index is -0.268. The van der Waals surface area contributed by atoms with Gasteiger partial charge >= 0.3 is 0 Å². The molecular weight excluding hydrogens is 306 g/mol. The fourth-order valence-corrected chi connectivity index (χ4v) is 2.88. The van der Waals surface area contributed by atoms with Crippen LogP contribution in [0.2, 0.25) is 0 Å². The van der Waals surface area contributed by atoms with Gasteiger partial charge in [-0.05, 0) is 43.4 Å². The molecule has 1 fully saturated rings. The minimum Gasteiger partial charge on any atom is -0.393 e. The third-order valence-corrected chi connectivity index (χ3v) is 4.51. The number of carbonyl (C=O) groups is 1. The highest BCUT2D eigenvalue weighted by atomic mass is 79.9. The average Bonchev–Trinajstić information content (AvgIpc) is 2.46. The molecule has 1 amide bonds. The molecule has 1 aromatic rings. The molecule has 104 valence electrons. The highest BCUT2D eigenvalue weighted by Crippen LogP contribution is 2.22. The Kier molecular flexibility index (Phi) is 4.99. The van der Waals surface area contributed by atoms with Gasteiger partial charge in [-0.2, -0.15) is 0 Å². The van der Waals surface area contributed by atoms with Crippen molar-refractivity contribution in [3.05, 3.63) is 35.4 Å². The van der Waals surface area contributed by atoms with Crippen LogP contribution in [0, 0.1) is 5.92 Å². The molecule has 0 spiro atoms. The number of rotatable bonds is 3. The number of piperidine rings is 1. The van der Waals surface area contributed by atoms with E-state index in [0.29, 0.717) is 5.92 Å². The Morgan fingerprint density at radius 2 is 1.95 bits per heavy atom. The number of nitrogens with zero attached hydrogens (tertiary/aromatic N) is 1. The molecule has 1 saturated heterocycles. The first kappa shape index (κ1) is 14.5. The zero-order valence-electron chi connectivity index (χ0n) is 11.2. The number of carbonyl (C=O) groups excluding carboxylic acids is 1. The number of aliphatic hydroxyl groups excluding tert-OH is 1. The first-order valence-electron chi connectivity index (χ1n) is 6.74. The van der Waals surface area contributed by atoms with Gasteiger partial charge in [0, 0.05) is 24.0 Å². The van der Waals surface area contributed by atoms with E-state index in [9.17, 15) is 9.90 Å². The van der Waals surface area contributed by atoms with Gasteiger partial charge in [-0.15, -0.1) is 0 Å². The van der Waals surface area contributed by atoms with Crippen molar-refractivity contribution >= 4 is 21.8 Å². The molecule has 1 aliphatic heterocycles. The summed E-state index contributed by atoms with van der Waals surface area (Å²) in [6.45, 7) is 3.32. The van der Waals surface area contributed by atoms with E-state index in [0.717, 1.165) is 36.8 Å². The van der Waals surface area contributed by atoms with Gasteiger partial charge in [0.05, 0.1) is 6.10 Å². The number of halogens is 1. The zero-order chi connectivity index (χ0) is 13.8. The number of hydrogen-bond donors (Lipinski definition) is 1. The van der Waals surface area contributed by atoms with Crippen LogP contribution in [0.15, 0.2) is 24.3 Å². The maximum absolute atomic E-state index is 12.3. The molecule has 19 heavy (non-hydrogen) atoms. The van der Waals surface area contributed by atoms with Crippen LogP contribution in [0.3, 0.4) is 0 Å². The second-order valence-electron chi connectivity index (χ2n) is 5.20. The summed E-state index contributed by atoms with van der Waals surface area (Å²) in [5.41, 5.74) is 1.92. The lowest BCUT2D eigenvalue weighted by molar-refractivity contribution is 0.0521. The van der Waals surface area contributed by atoms with Crippen LogP contribution in [-0.4, -0.2) is 35.1 Å². The van der Waals surface area contributed by atoms with Crippen LogP contribution in [0.4, 0.5) is 0 Å². The molecule has 1 aromatic carbocycles. The maximum Gasteiger partial charge on any atom is 0.253 e. The Balaban J connectivity index is 1.97. The first-order valence-corrected chi connectivity index (χ1v) is 7.86. The summed E-state index contributed by atoms with van der Waals surface area (Å²) < 4.78 is 0. The van der Waals surface area contributed by atoms with Crippen molar-refractivity contribution in [1.29, 1.82) is 0 Å². The largest absolute Gasteiger partial charge is 0.393 e. The highest BCUT2D eigenvalue weighted by Gasteiger charge is 2.25. The van der Waals surface area contributed by atoms with Crippen molar-refractivity contribution in [1.82, 2.24) is 4.90 Å². The number of hydrogen-bond acceptors (Lipinski definition) is 2. The third kappa shape index (κ3) is 3.57. The fourth-order valence-electron chi connectivity index (χ4n) is 2.50. The SMILES string of the molecule is CC(O)C1CCN(C(=O)c2ccc(CBr)cc2)CC1. The molecule has 0 aliphatic carbocycles. The molecule has 0 aromatic heterocycles. The predicted molar refractivity (Wildman–Crippen MR) is 79.4 cm³/mol. The number of benzene rings is 1. The smallest absolute Gasteiger partial charge is 0.253 e. The highest BCUT2D eigenvalue weighted by molar-refractivity contribution is 9.08. The van der Waals surface area contributed by atoms with Crippen LogP contribution >= 0.6 is 15.9 Å². The van der Waals surface area contributed by atoms with Gasteiger partial charge in [0.1, 0.15) is 0 Å². The van der Waals surface area contributed by atoms with Gasteiger partial charge in [-0.25, -0.2) is 0 Å². The Bertz CT molecular complexity index is 422. The van der Waals surface area contributed by atoms with Gasteiger partial charge in [-0.1, -0.05) is 28.1 Å². The monoisotopic (exact) mass is 325 g/mol. The molecule has 2 rings (SSSR count). The molecule has 1 aliphatic rings. The van der Waals surface area contributed by atoms with Crippen molar-refractivity contribution in [2.45, 2.75) is 31.2 Å². The Hall–Kier alpha value is -0.870. The maximum atomic E-state index is 12.3. The first-order chi connectivity index (χ1) is 9.11. The molecule has 0 bridgehead atoms. The lowest BCUT2D eigenvalue weighted by Crippen LogP contribution is -2.40. The van der Waals surface area contributed by atoms with E-state index in [1.165, 1.54) is 5.56 Å². The van der Waals surface area contributed by atoms with Gasteiger partial charge in [0.15, 0.2) is 0 Å². The van der Waals surface area contributed by atoms with Crippen LogP contribution in [0.1, 0.15) is 35.7 Å². The Labute approximate surface area is 122 Å². The standard InChI is InChI=1S/C15H20BrNO2/c1-11(18)13-6-8-17(9-7-13)15(19)14-4-2-12(10-16)3-5-14/h2-5,11,13,18H,6-10H2,1H3. The van der Waals surface area contributed by atoms with E-state index in [2.05, 4.69) is 15.9 Å². The van der Waals surface area contributed by atoms with E-state index < -0.39 is 0 Å². The lowest BCUT2D eigenvalue weighted by atomic mass is 9.92. The number of alkyl halides is 1. The van der Waals surface area contributed by atoms with Crippen molar-refractivity contribution in [3.8, 4) is 0 Å². The summed E-state index contributed by atoms with van der Waals surface area (Å²) in [6, 6.07) is 7.73. The summed E-state index contributed by atoms with van der Waals surface area (Å²) >= 11 is 3.40. The molecule has 0 saturated carbocycles. The Morgan fingerprint density at radius 1 is 1.37 bits per heavy atom. The molecule has 3 nitrogen and oxygen atoms in total. The van der Waals surface area contributed by atoms with Crippen molar-refractivity contribution in [2.75, 3.05) is 13.1 Å². The molecule has 1 unspecified atom stereocenters. The van der Waals surface area contributed by atoms with E-state index >= 15 is 0 Å². The molecule has 0 radical (unpaired) electrons. The third-order valence-electron chi connectivity index (χ3n) is 3.86. The second-order valence-corrected chi connectivity index (χ2v) is 5.76. The fraction of sp³-hybridized carbons (Fsp3) is 0.533. The summed E-state index contributed by atoms with van der Waals surface area (Å²) in [6.07, 6.45) is 1.52. The van der Waals surface area contributed by atoms with E-state index in [1.807, 2.05) is 36.1 Å². The summed E-state index contributed by atoms with van der Waals surface area (Å²) in [5, 5.41) is 10.4. The second kappa shape index (κ2) is 6.53. The molecule has 1 heterocycles. The van der Waals surface area contributed by atoms with Crippen molar-refractivity contribution in [2.24, 2.45) is 5.92 Å². The van der Waals surface area contributed by atoms with Crippen LogP contribution in [0.25, 0.3) is 0 Å². The summed E-state index contributed by atoms with van der Waals surface area (Å²) in [7, 11) is 0. The summed E-state index contributed by atoms with van der Waals surface area (Å²) in [4.78, 5) is 14.2. The molecule has 1 N–H and O–H groups in total. The van der Waals surface area contributed by atoms with Crippen molar-refractivity contribution in [3.63, 3.8) is 0 Å². The normalized spacial score (nSPS) is 18.4. The Morgan fingerprint density at radius 3 is 2.42 bits per heavy atom. The van der Waals surface area contributed by atoms with Gasteiger partial charge in [0.25, 0.3) is 5.91 Å². The molecule has 4 heteroatoms. The number of likely N-dealkylation sites (tertiary alicyclic amines) is 1. The van der Waals surface area contributed by atoms with Gasteiger partial charge < -0.3 is 10.0 Å². The zero-order valence-corrected chi connectivity index (χ0v) is 12.8. The minimum absolute atomic E-state index is 0.102. The predicted octanol–water partition coefficient (Wildman–Crippen LogP) is 2.81. The number of aliphatic hydroxyl groups is 1.